The average molecular weight is 441 g/mol. The lowest BCUT2D eigenvalue weighted by Gasteiger charge is -2.30. The van der Waals surface area contributed by atoms with Crippen LogP contribution in [0.1, 0.15) is 22.7 Å². The Morgan fingerprint density at radius 3 is 2.58 bits per heavy atom. The molecule has 1 aliphatic rings. The smallest absolute Gasteiger partial charge is 0.341 e. The van der Waals surface area contributed by atoms with E-state index in [1.807, 2.05) is 0 Å². The molecule has 2 N–H and O–H groups in total. The first kappa shape index (κ1) is 21.0. The fourth-order valence-corrected chi connectivity index (χ4v) is 5.42. The van der Waals surface area contributed by atoms with Crippen molar-refractivity contribution in [3.8, 4) is 5.75 Å². The van der Waals surface area contributed by atoms with E-state index < -0.39 is 34.3 Å². The van der Waals surface area contributed by atoms with Crippen LogP contribution in [0.2, 0.25) is 0 Å². The van der Waals surface area contributed by atoms with Crippen molar-refractivity contribution in [1.82, 2.24) is 5.32 Å². The number of halogens is 1. The molecule has 6 nitrogen and oxygen atoms in total. The highest BCUT2D eigenvalue weighted by Gasteiger charge is 2.30. The van der Waals surface area contributed by atoms with Crippen molar-refractivity contribution in [3.63, 3.8) is 0 Å². The van der Waals surface area contributed by atoms with Gasteiger partial charge in [0, 0.05) is 12.1 Å². The molecule has 31 heavy (non-hydrogen) atoms. The molecular weight excluding hydrogens is 421 g/mol. The molecule has 0 fully saturated rings. The first-order valence-electron chi connectivity index (χ1n) is 9.67. The minimum atomic E-state index is -3.74. The molecule has 3 aromatic carbocycles. The van der Waals surface area contributed by atoms with E-state index in [1.54, 1.807) is 48.5 Å². The molecule has 4 rings (SSSR count). The largest absolute Gasteiger partial charge is 0.482 e. The highest BCUT2D eigenvalue weighted by atomic mass is 32.2. The van der Waals surface area contributed by atoms with Gasteiger partial charge in [-0.05, 0) is 53.9 Å². The Hall–Kier alpha value is -3.23. The lowest BCUT2D eigenvalue weighted by Crippen LogP contribution is -2.32. The van der Waals surface area contributed by atoms with Crippen LogP contribution in [0, 0.1) is 5.82 Å². The number of carboxylic acids is 1. The molecule has 8 heteroatoms. The molecule has 1 atom stereocenters. The van der Waals surface area contributed by atoms with Gasteiger partial charge in [0.1, 0.15) is 11.6 Å². The summed E-state index contributed by atoms with van der Waals surface area (Å²) in [5, 5.41) is 12.2. The summed E-state index contributed by atoms with van der Waals surface area (Å²) >= 11 is 0. The number of sulfone groups is 1. The predicted molar refractivity (Wildman–Crippen MR) is 111 cm³/mol. The van der Waals surface area contributed by atoms with Crippen LogP contribution in [-0.4, -0.2) is 32.6 Å². The van der Waals surface area contributed by atoms with E-state index >= 15 is 0 Å². The van der Waals surface area contributed by atoms with Crippen molar-refractivity contribution in [2.45, 2.75) is 22.3 Å². The number of benzene rings is 3. The number of hydrogen-bond acceptors (Lipinski definition) is 5. The maximum absolute atomic E-state index is 14.1. The monoisotopic (exact) mass is 441 g/mol. The summed E-state index contributed by atoms with van der Waals surface area (Å²) < 4.78 is 46.0. The maximum atomic E-state index is 14.1. The highest BCUT2D eigenvalue weighted by Crippen LogP contribution is 2.38. The fraction of sp³-hybridized carbons (Fsp3) is 0.174. The quantitative estimate of drug-likeness (QED) is 0.610. The number of hydrogen-bond donors (Lipinski definition) is 2. The van der Waals surface area contributed by atoms with Crippen LogP contribution >= 0.6 is 0 Å². The van der Waals surface area contributed by atoms with Crippen LogP contribution in [0.15, 0.2) is 76.5 Å². The first-order valence-corrected chi connectivity index (χ1v) is 11.2. The number of carboxylic acid groups (broad SMARTS) is 1. The second-order valence-corrected chi connectivity index (χ2v) is 9.06. The van der Waals surface area contributed by atoms with Crippen LogP contribution in [0.3, 0.4) is 0 Å². The van der Waals surface area contributed by atoms with Gasteiger partial charge in [-0.3, -0.25) is 0 Å². The standard InChI is InChI=1S/C23H20FNO5S/c24-15-9-10-20(30-14-22(26)27)19(13-15)23-18-7-4-8-21(17(18)11-12-25-23)31(28,29)16-5-2-1-3-6-16/h1-10,13,23,25H,11-12,14H2,(H,26,27). The molecule has 0 radical (unpaired) electrons. The fourth-order valence-electron chi connectivity index (χ4n) is 3.84. The van der Waals surface area contributed by atoms with E-state index in [0.29, 0.717) is 29.7 Å². The van der Waals surface area contributed by atoms with Crippen LogP contribution in [0.25, 0.3) is 0 Å². The first-order chi connectivity index (χ1) is 14.9. The van der Waals surface area contributed by atoms with Crippen molar-refractivity contribution in [1.29, 1.82) is 0 Å². The lowest BCUT2D eigenvalue weighted by atomic mass is 9.89. The van der Waals surface area contributed by atoms with Gasteiger partial charge in [-0.2, -0.15) is 0 Å². The Balaban J connectivity index is 1.82. The van der Waals surface area contributed by atoms with Crippen molar-refractivity contribution < 1.29 is 27.4 Å². The van der Waals surface area contributed by atoms with E-state index in [4.69, 9.17) is 9.84 Å². The summed E-state index contributed by atoms with van der Waals surface area (Å²) in [5.74, 6) is -1.42. The number of ether oxygens (including phenoxy) is 1. The molecule has 0 aliphatic carbocycles. The van der Waals surface area contributed by atoms with Gasteiger partial charge in [-0.15, -0.1) is 0 Å². The lowest BCUT2D eigenvalue weighted by molar-refractivity contribution is -0.139. The summed E-state index contributed by atoms with van der Waals surface area (Å²) in [6, 6.07) is 16.5. The number of fused-ring (bicyclic) bond motifs is 1. The molecule has 1 aliphatic heterocycles. The predicted octanol–water partition coefficient (Wildman–Crippen LogP) is 3.36. The van der Waals surface area contributed by atoms with E-state index in [9.17, 15) is 17.6 Å². The maximum Gasteiger partial charge on any atom is 0.341 e. The summed E-state index contributed by atoms with van der Waals surface area (Å²) in [6.45, 7) is -0.103. The van der Waals surface area contributed by atoms with Crippen molar-refractivity contribution >= 4 is 15.8 Å². The Morgan fingerprint density at radius 1 is 1.06 bits per heavy atom. The number of carbonyl (C=O) groups is 1. The number of aliphatic carboxylic acids is 1. The van der Waals surface area contributed by atoms with Gasteiger partial charge in [0.15, 0.2) is 6.61 Å². The Morgan fingerprint density at radius 2 is 1.84 bits per heavy atom. The van der Waals surface area contributed by atoms with Crippen LogP contribution in [0.4, 0.5) is 4.39 Å². The second-order valence-electron chi connectivity index (χ2n) is 7.14. The molecule has 0 bridgehead atoms. The third-order valence-electron chi connectivity index (χ3n) is 5.18. The van der Waals surface area contributed by atoms with Crippen molar-refractivity contribution in [2.24, 2.45) is 0 Å². The van der Waals surface area contributed by atoms with Gasteiger partial charge in [-0.25, -0.2) is 17.6 Å². The Kier molecular flexibility index (Phi) is 5.75. The van der Waals surface area contributed by atoms with Gasteiger partial charge >= 0.3 is 5.97 Å². The molecule has 160 valence electrons. The van der Waals surface area contributed by atoms with E-state index in [0.717, 1.165) is 0 Å². The Labute approximate surface area is 179 Å². The zero-order chi connectivity index (χ0) is 22.0. The van der Waals surface area contributed by atoms with E-state index in [1.165, 1.54) is 18.2 Å². The average Bonchev–Trinajstić information content (AvgIpc) is 2.78. The zero-order valence-corrected chi connectivity index (χ0v) is 17.2. The summed E-state index contributed by atoms with van der Waals surface area (Å²) in [4.78, 5) is 11.4. The van der Waals surface area contributed by atoms with Crippen LogP contribution < -0.4 is 10.1 Å². The summed E-state index contributed by atoms with van der Waals surface area (Å²) in [5.41, 5.74) is 1.76. The summed E-state index contributed by atoms with van der Waals surface area (Å²) in [6.07, 6.45) is 0.481. The Bertz CT molecular complexity index is 1230. The number of nitrogens with one attached hydrogen (secondary N) is 1. The van der Waals surface area contributed by atoms with Crippen molar-refractivity contribution in [3.05, 3.63) is 89.2 Å². The normalized spacial score (nSPS) is 15.8. The molecular formula is C23H20FNO5S. The van der Waals surface area contributed by atoms with Crippen LogP contribution in [0.5, 0.6) is 5.75 Å². The third-order valence-corrected chi connectivity index (χ3v) is 7.04. The van der Waals surface area contributed by atoms with E-state index in [2.05, 4.69) is 5.32 Å². The minimum Gasteiger partial charge on any atom is -0.482 e. The molecule has 0 saturated heterocycles. The van der Waals surface area contributed by atoms with Crippen LogP contribution in [-0.2, 0) is 21.1 Å². The SMILES string of the molecule is O=C(O)COc1ccc(F)cc1C1NCCc2c1cccc2S(=O)(=O)c1ccccc1. The highest BCUT2D eigenvalue weighted by molar-refractivity contribution is 7.91. The van der Waals surface area contributed by atoms with Gasteiger partial charge in [0.25, 0.3) is 0 Å². The molecule has 0 saturated carbocycles. The van der Waals surface area contributed by atoms with E-state index in [-0.39, 0.29) is 15.5 Å². The zero-order valence-electron chi connectivity index (χ0n) is 16.4. The molecule has 0 spiro atoms. The molecule has 0 aromatic heterocycles. The van der Waals surface area contributed by atoms with Crippen molar-refractivity contribution in [2.75, 3.05) is 13.2 Å². The van der Waals surface area contributed by atoms with Gasteiger partial charge < -0.3 is 15.2 Å². The topological polar surface area (TPSA) is 92.7 Å². The third kappa shape index (κ3) is 4.17. The molecule has 3 aromatic rings. The minimum absolute atomic E-state index is 0.203. The van der Waals surface area contributed by atoms with Gasteiger partial charge in [0.2, 0.25) is 9.84 Å². The summed E-state index contributed by atoms with van der Waals surface area (Å²) in [7, 11) is -3.74. The molecule has 0 amide bonds. The molecule has 1 unspecified atom stereocenters. The van der Waals surface area contributed by atoms with Gasteiger partial charge in [0.05, 0.1) is 15.8 Å². The number of rotatable bonds is 6. The second kappa shape index (κ2) is 8.49. The molecule has 1 heterocycles. The van der Waals surface area contributed by atoms with Gasteiger partial charge in [-0.1, -0.05) is 30.3 Å².